The summed E-state index contributed by atoms with van der Waals surface area (Å²) in [5, 5.41) is 3.36. The van der Waals surface area contributed by atoms with Crippen LogP contribution in [-0.2, 0) is 6.54 Å². The average molecular weight is 207 g/mol. The highest BCUT2D eigenvalue weighted by atomic mass is 19.1. The molecule has 1 aliphatic rings. The van der Waals surface area contributed by atoms with Gasteiger partial charge in [0.05, 0.1) is 0 Å². The molecule has 0 saturated heterocycles. The van der Waals surface area contributed by atoms with Crippen molar-refractivity contribution in [3.05, 3.63) is 35.1 Å². The molecule has 1 heterocycles. The van der Waals surface area contributed by atoms with E-state index in [-0.39, 0.29) is 5.82 Å². The second-order valence-electron chi connectivity index (χ2n) is 4.80. The fourth-order valence-corrected chi connectivity index (χ4v) is 2.40. The number of fused-ring (bicyclic) bond motifs is 1. The predicted octanol–water partition coefficient (Wildman–Crippen LogP) is 3.06. The van der Waals surface area contributed by atoms with E-state index in [0.717, 1.165) is 18.7 Å². The van der Waals surface area contributed by atoms with Gasteiger partial charge >= 0.3 is 0 Å². The number of nitrogens with one attached hydrogen (secondary N) is 1. The molecule has 1 aromatic carbocycles. The largest absolute Gasteiger partial charge is 0.312 e. The maximum Gasteiger partial charge on any atom is 0.123 e. The first-order valence-corrected chi connectivity index (χ1v) is 5.66. The Morgan fingerprint density at radius 1 is 1.47 bits per heavy atom. The Labute approximate surface area is 90.7 Å². The van der Waals surface area contributed by atoms with Crippen molar-refractivity contribution in [1.29, 1.82) is 0 Å². The molecule has 1 aliphatic heterocycles. The fourth-order valence-electron chi connectivity index (χ4n) is 2.40. The highest BCUT2D eigenvalue weighted by Crippen LogP contribution is 2.29. The van der Waals surface area contributed by atoms with Gasteiger partial charge in [0, 0.05) is 13.1 Å². The van der Waals surface area contributed by atoms with Crippen molar-refractivity contribution in [2.75, 3.05) is 6.54 Å². The SMILES string of the molecule is CC(C)CC1CNCc2cc(F)ccc21. The van der Waals surface area contributed by atoms with E-state index in [9.17, 15) is 4.39 Å². The van der Waals surface area contributed by atoms with Crippen molar-refractivity contribution in [3.8, 4) is 0 Å². The molecule has 1 N–H and O–H groups in total. The minimum atomic E-state index is -0.124. The number of halogens is 1. The third-order valence-electron chi connectivity index (χ3n) is 3.01. The molecule has 0 aromatic heterocycles. The maximum absolute atomic E-state index is 13.1. The standard InChI is InChI=1S/C13H18FN/c1-9(2)5-10-7-15-8-11-6-12(14)3-4-13(10)11/h3-4,6,9-10,15H,5,7-8H2,1-2H3. The van der Waals surface area contributed by atoms with Crippen LogP contribution in [0.3, 0.4) is 0 Å². The first-order chi connectivity index (χ1) is 7.16. The third-order valence-corrected chi connectivity index (χ3v) is 3.01. The van der Waals surface area contributed by atoms with Crippen LogP contribution in [0.25, 0.3) is 0 Å². The summed E-state index contributed by atoms with van der Waals surface area (Å²) in [7, 11) is 0. The molecule has 0 fully saturated rings. The van der Waals surface area contributed by atoms with Crippen LogP contribution >= 0.6 is 0 Å². The molecule has 0 radical (unpaired) electrons. The Balaban J connectivity index is 2.26. The van der Waals surface area contributed by atoms with E-state index in [4.69, 9.17) is 0 Å². The van der Waals surface area contributed by atoms with Crippen molar-refractivity contribution >= 4 is 0 Å². The molecule has 0 bridgehead atoms. The minimum Gasteiger partial charge on any atom is -0.312 e. The van der Waals surface area contributed by atoms with Crippen LogP contribution < -0.4 is 5.32 Å². The summed E-state index contributed by atoms with van der Waals surface area (Å²) in [6, 6.07) is 5.20. The molecule has 1 nitrogen and oxygen atoms in total. The molecule has 0 aliphatic carbocycles. The summed E-state index contributed by atoms with van der Waals surface area (Å²) >= 11 is 0. The summed E-state index contributed by atoms with van der Waals surface area (Å²) in [5.41, 5.74) is 2.47. The van der Waals surface area contributed by atoms with Crippen LogP contribution in [-0.4, -0.2) is 6.54 Å². The first-order valence-electron chi connectivity index (χ1n) is 5.66. The normalized spacial score (nSPS) is 20.4. The van der Waals surface area contributed by atoms with Crippen LogP contribution in [0.5, 0.6) is 0 Å². The number of benzene rings is 1. The molecule has 82 valence electrons. The van der Waals surface area contributed by atoms with Gasteiger partial charge in [0.15, 0.2) is 0 Å². The average Bonchev–Trinajstić information content (AvgIpc) is 2.16. The van der Waals surface area contributed by atoms with E-state index >= 15 is 0 Å². The molecule has 1 atom stereocenters. The Morgan fingerprint density at radius 3 is 3.00 bits per heavy atom. The molecule has 1 aromatic rings. The minimum absolute atomic E-state index is 0.124. The predicted molar refractivity (Wildman–Crippen MR) is 60.3 cm³/mol. The Morgan fingerprint density at radius 2 is 2.27 bits per heavy atom. The third kappa shape index (κ3) is 2.37. The lowest BCUT2D eigenvalue weighted by atomic mass is 9.85. The Hall–Kier alpha value is -0.890. The van der Waals surface area contributed by atoms with E-state index in [1.54, 1.807) is 12.1 Å². The van der Waals surface area contributed by atoms with Gasteiger partial charge in [-0.25, -0.2) is 4.39 Å². The van der Waals surface area contributed by atoms with Gasteiger partial charge in [-0.05, 0) is 41.5 Å². The van der Waals surface area contributed by atoms with Gasteiger partial charge in [0.1, 0.15) is 5.82 Å². The van der Waals surface area contributed by atoms with Crippen molar-refractivity contribution in [2.45, 2.75) is 32.7 Å². The van der Waals surface area contributed by atoms with E-state index in [1.807, 2.05) is 6.07 Å². The van der Waals surface area contributed by atoms with Gasteiger partial charge in [0.25, 0.3) is 0 Å². The highest BCUT2D eigenvalue weighted by Gasteiger charge is 2.20. The summed E-state index contributed by atoms with van der Waals surface area (Å²) in [4.78, 5) is 0. The smallest absolute Gasteiger partial charge is 0.123 e. The molecule has 0 amide bonds. The summed E-state index contributed by atoms with van der Waals surface area (Å²) in [5.74, 6) is 1.11. The number of hydrogen-bond donors (Lipinski definition) is 1. The molecular formula is C13H18FN. The lowest BCUT2D eigenvalue weighted by Gasteiger charge is -2.27. The van der Waals surface area contributed by atoms with Gasteiger partial charge in [-0.15, -0.1) is 0 Å². The fraction of sp³-hybridized carbons (Fsp3) is 0.538. The Bertz CT molecular complexity index is 346. The summed E-state index contributed by atoms with van der Waals surface area (Å²) in [6.07, 6.45) is 1.17. The zero-order chi connectivity index (χ0) is 10.8. The number of hydrogen-bond acceptors (Lipinski definition) is 1. The zero-order valence-electron chi connectivity index (χ0n) is 9.39. The van der Waals surface area contributed by atoms with Gasteiger partial charge in [0.2, 0.25) is 0 Å². The second kappa shape index (κ2) is 4.31. The molecular weight excluding hydrogens is 189 g/mol. The van der Waals surface area contributed by atoms with Crippen LogP contribution in [0.15, 0.2) is 18.2 Å². The van der Waals surface area contributed by atoms with Crippen LogP contribution in [0, 0.1) is 11.7 Å². The van der Waals surface area contributed by atoms with Gasteiger partial charge < -0.3 is 5.32 Å². The zero-order valence-corrected chi connectivity index (χ0v) is 9.39. The number of rotatable bonds is 2. The second-order valence-corrected chi connectivity index (χ2v) is 4.80. The van der Waals surface area contributed by atoms with Gasteiger partial charge in [-0.2, -0.15) is 0 Å². The molecule has 2 heteroatoms. The molecule has 0 spiro atoms. The van der Waals surface area contributed by atoms with Crippen molar-refractivity contribution in [1.82, 2.24) is 5.32 Å². The quantitative estimate of drug-likeness (QED) is 0.786. The molecule has 15 heavy (non-hydrogen) atoms. The lowest BCUT2D eigenvalue weighted by molar-refractivity contribution is 0.447. The molecule has 1 unspecified atom stereocenters. The van der Waals surface area contributed by atoms with Crippen LogP contribution in [0.2, 0.25) is 0 Å². The maximum atomic E-state index is 13.1. The van der Waals surface area contributed by atoms with E-state index in [2.05, 4.69) is 19.2 Å². The van der Waals surface area contributed by atoms with E-state index in [0.29, 0.717) is 11.8 Å². The van der Waals surface area contributed by atoms with Crippen LogP contribution in [0.4, 0.5) is 4.39 Å². The van der Waals surface area contributed by atoms with E-state index in [1.165, 1.54) is 12.0 Å². The Kier molecular flexibility index (Phi) is 3.06. The molecule has 0 saturated carbocycles. The van der Waals surface area contributed by atoms with Crippen LogP contribution in [0.1, 0.15) is 37.3 Å². The highest BCUT2D eigenvalue weighted by molar-refractivity contribution is 5.33. The van der Waals surface area contributed by atoms with Crippen molar-refractivity contribution in [2.24, 2.45) is 5.92 Å². The lowest BCUT2D eigenvalue weighted by Crippen LogP contribution is -2.29. The van der Waals surface area contributed by atoms with Gasteiger partial charge in [-0.3, -0.25) is 0 Å². The molecule has 2 rings (SSSR count). The van der Waals surface area contributed by atoms with Crippen molar-refractivity contribution in [3.63, 3.8) is 0 Å². The van der Waals surface area contributed by atoms with E-state index < -0.39 is 0 Å². The first kappa shape index (κ1) is 10.6. The monoisotopic (exact) mass is 207 g/mol. The topological polar surface area (TPSA) is 12.0 Å². The van der Waals surface area contributed by atoms with Crippen molar-refractivity contribution < 1.29 is 4.39 Å². The summed E-state index contributed by atoms with van der Waals surface area (Å²) in [6.45, 7) is 6.30. The van der Waals surface area contributed by atoms with Gasteiger partial charge in [-0.1, -0.05) is 19.9 Å². The summed E-state index contributed by atoms with van der Waals surface area (Å²) < 4.78 is 13.1.